The lowest BCUT2D eigenvalue weighted by Gasteiger charge is -2.29. The fourth-order valence-electron chi connectivity index (χ4n) is 2.70. The van der Waals surface area contributed by atoms with E-state index >= 15 is 0 Å². The van der Waals surface area contributed by atoms with Gasteiger partial charge >= 0.3 is 0 Å². The van der Waals surface area contributed by atoms with Crippen molar-refractivity contribution in [2.45, 2.75) is 13.0 Å². The molecule has 1 atom stereocenters. The first-order valence-corrected chi connectivity index (χ1v) is 9.11. The average molecular weight is 375 g/mol. The van der Waals surface area contributed by atoms with Crippen molar-refractivity contribution in [1.82, 2.24) is 4.98 Å². The second-order valence-electron chi connectivity index (χ2n) is 5.56. The molecule has 1 aromatic heterocycles. The minimum Gasteiger partial charge on any atom is -0.485 e. The van der Waals surface area contributed by atoms with Crippen molar-refractivity contribution in [3.63, 3.8) is 0 Å². The van der Waals surface area contributed by atoms with Crippen molar-refractivity contribution in [3.8, 4) is 11.5 Å². The summed E-state index contributed by atoms with van der Waals surface area (Å²) < 4.78 is 12.5. The van der Waals surface area contributed by atoms with Gasteiger partial charge in [0.25, 0.3) is 5.91 Å². The van der Waals surface area contributed by atoms with Gasteiger partial charge in [-0.25, -0.2) is 4.98 Å². The van der Waals surface area contributed by atoms with Crippen molar-refractivity contribution in [2.24, 2.45) is 0 Å². The lowest BCUT2D eigenvalue weighted by molar-refractivity contribution is -0.127. The smallest absolute Gasteiger partial charge is 0.273 e. The van der Waals surface area contributed by atoms with Gasteiger partial charge in [-0.1, -0.05) is 35.1 Å². The first kappa shape index (κ1) is 16.2. The van der Waals surface area contributed by atoms with E-state index in [1.54, 1.807) is 17.0 Å². The van der Waals surface area contributed by atoms with Crippen LogP contribution in [0.4, 0.5) is 5.13 Å². The van der Waals surface area contributed by atoms with Crippen LogP contribution in [0.5, 0.6) is 11.5 Å². The van der Waals surface area contributed by atoms with E-state index in [1.165, 1.54) is 11.3 Å². The van der Waals surface area contributed by atoms with Crippen LogP contribution in [0, 0.1) is 0 Å². The fraction of sp³-hybridized carbons (Fsp3) is 0.222. The summed E-state index contributed by atoms with van der Waals surface area (Å²) in [6, 6.07) is 12.9. The highest BCUT2D eigenvalue weighted by Gasteiger charge is 2.32. The summed E-state index contributed by atoms with van der Waals surface area (Å²) in [5.41, 5.74) is 0.782. The molecule has 1 aliphatic rings. The Morgan fingerprint density at radius 2 is 2.12 bits per heavy atom. The van der Waals surface area contributed by atoms with Crippen LogP contribution in [0.3, 0.4) is 0 Å². The van der Waals surface area contributed by atoms with Crippen LogP contribution in [0.1, 0.15) is 6.92 Å². The average Bonchev–Trinajstić information content (AvgIpc) is 3.04. The van der Waals surface area contributed by atoms with Gasteiger partial charge in [0.1, 0.15) is 6.61 Å². The number of hydrogen-bond donors (Lipinski definition) is 0. The van der Waals surface area contributed by atoms with E-state index in [-0.39, 0.29) is 12.5 Å². The first-order valence-electron chi connectivity index (χ1n) is 7.91. The molecular formula is C18H15ClN2O3S. The van der Waals surface area contributed by atoms with Crippen LogP contribution in [-0.2, 0) is 4.79 Å². The zero-order valence-corrected chi connectivity index (χ0v) is 15.0. The van der Waals surface area contributed by atoms with Gasteiger partial charge in [-0.2, -0.15) is 0 Å². The van der Waals surface area contributed by atoms with Gasteiger partial charge < -0.3 is 9.47 Å². The van der Waals surface area contributed by atoms with E-state index in [0.717, 1.165) is 10.2 Å². The number of rotatable bonds is 3. The first-order chi connectivity index (χ1) is 12.2. The van der Waals surface area contributed by atoms with Crippen molar-refractivity contribution in [2.75, 3.05) is 18.1 Å². The number of para-hydroxylation sites is 2. The topological polar surface area (TPSA) is 51.7 Å². The fourth-order valence-corrected chi connectivity index (χ4v) is 3.89. The molecule has 0 aliphatic carbocycles. The summed E-state index contributed by atoms with van der Waals surface area (Å²) in [7, 11) is 0. The number of halogens is 1. The Balaban J connectivity index is 1.61. The second-order valence-corrected chi connectivity index (χ2v) is 7.00. The minimum absolute atomic E-state index is 0.165. The van der Waals surface area contributed by atoms with Gasteiger partial charge in [0.2, 0.25) is 6.10 Å². The third kappa shape index (κ3) is 3.03. The normalized spacial score (nSPS) is 16.0. The van der Waals surface area contributed by atoms with E-state index in [0.29, 0.717) is 28.2 Å². The van der Waals surface area contributed by atoms with Gasteiger partial charge in [0, 0.05) is 11.6 Å². The van der Waals surface area contributed by atoms with Crippen LogP contribution in [0.2, 0.25) is 5.02 Å². The molecule has 128 valence electrons. The molecule has 1 unspecified atom stereocenters. The number of carbonyl (C=O) groups is 1. The molecule has 0 radical (unpaired) electrons. The molecule has 2 heterocycles. The highest BCUT2D eigenvalue weighted by atomic mass is 35.5. The zero-order valence-electron chi connectivity index (χ0n) is 13.4. The number of carbonyl (C=O) groups excluding carboxylic acids is 1. The predicted octanol–water partition coefficient (Wildman–Crippen LogP) is 4.14. The third-order valence-electron chi connectivity index (χ3n) is 3.94. The Morgan fingerprint density at radius 3 is 2.92 bits per heavy atom. The molecule has 5 nitrogen and oxygen atoms in total. The Hall–Kier alpha value is -2.31. The Kier molecular flexibility index (Phi) is 4.23. The molecule has 3 aromatic rings. The summed E-state index contributed by atoms with van der Waals surface area (Å²) in [5, 5.41) is 1.26. The van der Waals surface area contributed by atoms with Crippen LogP contribution >= 0.6 is 22.9 Å². The largest absolute Gasteiger partial charge is 0.485 e. The number of benzene rings is 2. The molecular weight excluding hydrogens is 360 g/mol. The zero-order chi connectivity index (χ0) is 17.4. The Morgan fingerprint density at radius 1 is 1.32 bits per heavy atom. The summed E-state index contributed by atoms with van der Waals surface area (Å²) in [4.78, 5) is 19.1. The number of nitrogens with zero attached hydrogens (tertiary/aromatic N) is 2. The Labute approximate surface area is 153 Å². The van der Waals surface area contributed by atoms with Crippen molar-refractivity contribution < 1.29 is 14.3 Å². The lowest BCUT2D eigenvalue weighted by atomic mass is 10.2. The molecule has 0 bridgehead atoms. The summed E-state index contributed by atoms with van der Waals surface area (Å²) >= 11 is 7.48. The number of ether oxygens (including phenoxy) is 2. The van der Waals surface area contributed by atoms with Crippen LogP contribution in [0.15, 0.2) is 42.5 Å². The third-order valence-corrected chi connectivity index (χ3v) is 5.23. The summed E-state index contributed by atoms with van der Waals surface area (Å²) in [6.07, 6.45) is -0.689. The molecule has 2 aromatic carbocycles. The molecule has 25 heavy (non-hydrogen) atoms. The van der Waals surface area contributed by atoms with E-state index in [1.807, 2.05) is 37.3 Å². The number of anilines is 1. The molecule has 1 amide bonds. The minimum atomic E-state index is -0.689. The number of thiazole rings is 1. The molecule has 4 rings (SSSR count). The van der Waals surface area contributed by atoms with E-state index in [9.17, 15) is 4.79 Å². The highest BCUT2D eigenvalue weighted by molar-refractivity contribution is 7.22. The number of fused-ring (bicyclic) bond motifs is 2. The van der Waals surface area contributed by atoms with Crippen LogP contribution in [-0.4, -0.2) is 30.1 Å². The highest BCUT2D eigenvalue weighted by Crippen LogP contribution is 2.34. The maximum atomic E-state index is 12.9. The van der Waals surface area contributed by atoms with Gasteiger partial charge in [0.15, 0.2) is 16.6 Å². The molecule has 0 spiro atoms. The molecule has 0 fully saturated rings. The number of likely N-dealkylation sites (N-methyl/N-ethyl adjacent to an activating group) is 1. The van der Waals surface area contributed by atoms with Gasteiger partial charge in [-0.15, -0.1) is 0 Å². The van der Waals surface area contributed by atoms with Crippen LogP contribution in [0.25, 0.3) is 10.2 Å². The summed E-state index contributed by atoms with van der Waals surface area (Å²) in [6.45, 7) is 2.59. The van der Waals surface area contributed by atoms with Gasteiger partial charge in [0.05, 0.1) is 10.2 Å². The SMILES string of the molecule is CCN(C(=O)C1COc2ccccc2O1)c1nc2cc(Cl)ccc2s1. The van der Waals surface area contributed by atoms with Crippen molar-refractivity contribution in [3.05, 3.63) is 47.5 Å². The monoisotopic (exact) mass is 374 g/mol. The molecule has 1 aliphatic heterocycles. The number of hydrogen-bond acceptors (Lipinski definition) is 5. The quantitative estimate of drug-likeness (QED) is 0.691. The van der Waals surface area contributed by atoms with E-state index in [2.05, 4.69) is 4.98 Å². The second kappa shape index (κ2) is 6.54. The number of aromatic nitrogens is 1. The van der Waals surface area contributed by atoms with Crippen LogP contribution < -0.4 is 14.4 Å². The number of amides is 1. The standard InChI is InChI=1S/C18H15ClN2O3S/c1-2-21(18-20-12-9-11(19)7-8-16(12)25-18)17(22)15-10-23-13-5-3-4-6-14(13)24-15/h3-9,15H,2,10H2,1H3. The molecule has 0 saturated carbocycles. The molecule has 7 heteroatoms. The predicted molar refractivity (Wildman–Crippen MR) is 99.0 cm³/mol. The van der Waals surface area contributed by atoms with E-state index < -0.39 is 6.10 Å². The van der Waals surface area contributed by atoms with Crippen molar-refractivity contribution >= 4 is 44.2 Å². The van der Waals surface area contributed by atoms with Gasteiger partial charge in [-0.05, 0) is 37.3 Å². The Bertz CT molecular complexity index is 943. The van der Waals surface area contributed by atoms with Crippen molar-refractivity contribution in [1.29, 1.82) is 0 Å². The molecule has 0 saturated heterocycles. The van der Waals surface area contributed by atoms with Gasteiger partial charge in [-0.3, -0.25) is 9.69 Å². The van der Waals surface area contributed by atoms with E-state index in [4.69, 9.17) is 21.1 Å². The lowest BCUT2D eigenvalue weighted by Crippen LogP contribution is -2.46. The maximum absolute atomic E-state index is 12.9. The molecule has 0 N–H and O–H groups in total. The maximum Gasteiger partial charge on any atom is 0.273 e. The summed E-state index contributed by atoms with van der Waals surface area (Å²) in [5.74, 6) is 1.07.